The van der Waals surface area contributed by atoms with Gasteiger partial charge in [-0.1, -0.05) is 53.8 Å². The summed E-state index contributed by atoms with van der Waals surface area (Å²) in [7, 11) is 0. The molecule has 2 aliphatic rings. The summed E-state index contributed by atoms with van der Waals surface area (Å²) in [5.74, 6) is 2.21. The number of rotatable bonds is 10. The second-order valence-corrected chi connectivity index (χ2v) is 12.2. The second-order valence-electron chi connectivity index (χ2n) is 11.8. The van der Waals surface area contributed by atoms with Gasteiger partial charge in [0.05, 0.1) is 0 Å². The Hall–Kier alpha value is -2.52. The molecule has 0 aliphatic heterocycles. The van der Waals surface area contributed by atoms with Crippen LogP contribution >= 0.6 is 11.6 Å². The summed E-state index contributed by atoms with van der Waals surface area (Å²) in [6, 6.07) is 13.1. The molecular formula is C34H45ClN2O. The minimum atomic E-state index is -0.0611. The van der Waals surface area contributed by atoms with Gasteiger partial charge in [-0.15, -0.1) is 6.58 Å². The van der Waals surface area contributed by atoms with E-state index in [1.165, 1.54) is 40.7 Å². The summed E-state index contributed by atoms with van der Waals surface area (Å²) >= 11 is 6.70. The van der Waals surface area contributed by atoms with E-state index in [0.29, 0.717) is 29.5 Å². The molecule has 0 heterocycles. The summed E-state index contributed by atoms with van der Waals surface area (Å²) in [6.45, 7) is 16.9. The van der Waals surface area contributed by atoms with Crippen molar-refractivity contribution in [2.24, 2.45) is 16.8 Å². The van der Waals surface area contributed by atoms with Crippen LogP contribution in [0, 0.1) is 11.8 Å². The van der Waals surface area contributed by atoms with Crippen LogP contribution in [0.15, 0.2) is 64.7 Å². The molecule has 5 atom stereocenters. The number of benzene rings is 2. The molecule has 0 aromatic heterocycles. The zero-order chi connectivity index (χ0) is 27.4. The number of hydrogen-bond acceptors (Lipinski definition) is 3. The third kappa shape index (κ3) is 6.54. The van der Waals surface area contributed by atoms with E-state index >= 15 is 0 Å². The van der Waals surface area contributed by atoms with Crippen molar-refractivity contribution >= 4 is 24.0 Å². The number of nitrogen functional groups attached to an aromatic ring is 1. The maximum Gasteiger partial charge on any atom is 0.127 e. The Balaban J connectivity index is 1.60. The van der Waals surface area contributed by atoms with Crippen LogP contribution in [0.4, 0.5) is 5.69 Å². The van der Waals surface area contributed by atoms with Gasteiger partial charge in [0, 0.05) is 22.7 Å². The number of nitrogens with zero attached hydrogens (tertiary/aromatic N) is 1. The highest BCUT2D eigenvalue weighted by Gasteiger charge is 2.42. The number of aliphatic imine (C=N–C) groups is 1. The third-order valence-electron chi connectivity index (χ3n) is 8.96. The lowest BCUT2D eigenvalue weighted by molar-refractivity contribution is 0.0886. The molecule has 0 radical (unpaired) electrons. The van der Waals surface area contributed by atoms with Crippen LogP contribution in [0.1, 0.15) is 101 Å². The van der Waals surface area contributed by atoms with Crippen LogP contribution in [-0.2, 0) is 6.42 Å². The highest BCUT2D eigenvalue weighted by atomic mass is 35.5. The van der Waals surface area contributed by atoms with Crippen molar-refractivity contribution in [3.63, 3.8) is 0 Å². The fourth-order valence-electron chi connectivity index (χ4n) is 6.58. The van der Waals surface area contributed by atoms with Gasteiger partial charge in [-0.25, -0.2) is 0 Å². The van der Waals surface area contributed by atoms with Gasteiger partial charge in [0.15, 0.2) is 0 Å². The highest BCUT2D eigenvalue weighted by molar-refractivity contribution is 6.31. The smallest absolute Gasteiger partial charge is 0.127 e. The molecule has 38 heavy (non-hydrogen) atoms. The number of fused-ring (bicyclic) bond motifs is 1. The van der Waals surface area contributed by atoms with Crippen molar-refractivity contribution in [1.29, 1.82) is 0 Å². The van der Waals surface area contributed by atoms with E-state index in [4.69, 9.17) is 22.1 Å². The van der Waals surface area contributed by atoms with Crippen molar-refractivity contribution in [3.05, 3.63) is 81.4 Å². The Kier molecular flexibility index (Phi) is 9.41. The SMILES string of the molecule is C=NC1CCCC(C2Cc3c(Cl)cc(N)cc3C2Oc2ccc(C(CC(=C)C)CC(C)=C(C)CC)cc2)C1. The summed E-state index contributed by atoms with van der Waals surface area (Å²) in [6.07, 6.45) is 8.61. The normalized spacial score (nSPS) is 24.3. The summed E-state index contributed by atoms with van der Waals surface area (Å²) in [4.78, 5) is 4.40. The van der Waals surface area contributed by atoms with Crippen molar-refractivity contribution < 1.29 is 4.74 Å². The number of ether oxygens (including phenoxy) is 1. The van der Waals surface area contributed by atoms with E-state index < -0.39 is 0 Å². The van der Waals surface area contributed by atoms with Crippen molar-refractivity contribution in [2.75, 3.05) is 5.73 Å². The summed E-state index contributed by atoms with van der Waals surface area (Å²) in [5, 5.41) is 0.758. The zero-order valence-electron chi connectivity index (χ0n) is 23.7. The average molecular weight is 533 g/mol. The van der Waals surface area contributed by atoms with Gasteiger partial charge < -0.3 is 10.5 Å². The highest BCUT2D eigenvalue weighted by Crippen LogP contribution is 2.49. The van der Waals surface area contributed by atoms with Crippen LogP contribution < -0.4 is 10.5 Å². The number of halogens is 1. The molecule has 5 unspecified atom stereocenters. The Labute approximate surface area is 235 Å². The molecule has 204 valence electrons. The van der Waals surface area contributed by atoms with Crippen LogP contribution in [0.5, 0.6) is 5.75 Å². The van der Waals surface area contributed by atoms with E-state index in [1.54, 1.807) is 0 Å². The van der Waals surface area contributed by atoms with E-state index in [2.05, 4.69) is 76.3 Å². The first-order chi connectivity index (χ1) is 18.2. The zero-order valence-corrected chi connectivity index (χ0v) is 24.5. The third-order valence-corrected chi connectivity index (χ3v) is 9.30. The van der Waals surface area contributed by atoms with E-state index in [9.17, 15) is 0 Å². The second kappa shape index (κ2) is 12.6. The molecule has 1 saturated carbocycles. The van der Waals surface area contributed by atoms with Crippen LogP contribution in [0.2, 0.25) is 5.02 Å². The monoisotopic (exact) mass is 532 g/mol. The number of anilines is 1. The Morgan fingerprint density at radius 2 is 1.84 bits per heavy atom. The lowest BCUT2D eigenvalue weighted by atomic mass is 9.76. The molecule has 2 aromatic rings. The Bertz CT molecular complexity index is 1180. The minimum Gasteiger partial charge on any atom is -0.485 e. The largest absolute Gasteiger partial charge is 0.485 e. The van der Waals surface area contributed by atoms with Crippen LogP contribution in [0.25, 0.3) is 0 Å². The minimum absolute atomic E-state index is 0.0611. The van der Waals surface area contributed by atoms with Gasteiger partial charge in [0.1, 0.15) is 11.9 Å². The van der Waals surface area contributed by atoms with Gasteiger partial charge in [-0.3, -0.25) is 4.99 Å². The maximum atomic E-state index is 6.81. The lowest BCUT2D eigenvalue weighted by Crippen LogP contribution is -2.29. The lowest BCUT2D eigenvalue weighted by Gasteiger charge is -2.34. The Morgan fingerprint density at radius 3 is 2.50 bits per heavy atom. The van der Waals surface area contributed by atoms with Gasteiger partial charge in [0.25, 0.3) is 0 Å². The standard InChI is InChI=1S/C34H45ClN2O/c1-7-22(4)23(5)16-26(15-21(2)3)24-11-13-29(14-12-24)38-34-30(25-9-8-10-28(17-25)37-6)20-31-32(34)18-27(36)19-33(31)35/h11-14,18-19,25-26,28,30,34H,2,6-10,15-17,20,36H2,1,3-5H3. The molecule has 2 aromatic carbocycles. The van der Waals surface area contributed by atoms with Gasteiger partial charge in [-0.05, 0) is 125 Å². The average Bonchev–Trinajstić information content (AvgIpc) is 3.26. The predicted molar refractivity (Wildman–Crippen MR) is 164 cm³/mol. The molecule has 0 bridgehead atoms. The molecule has 4 heteroatoms. The quantitative estimate of drug-likeness (QED) is 0.188. The predicted octanol–water partition coefficient (Wildman–Crippen LogP) is 9.66. The van der Waals surface area contributed by atoms with Crippen molar-refractivity contribution in [1.82, 2.24) is 0 Å². The molecule has 0 spiro atoms. The van der Waals surface area contributed by atoms with Crippen molar-refractivity contribution in [3.8, 4) is 5.75 Å². The Morgan fingerprint density at radius 1 is 1.11 bits per heavy atom. The molecule has 2 aliphatic carbocycles. The summed E-state index contributed by atoms with van der Waals surface area (Å²) in [5.41, 5.74) is 14.8. The first-order valence-corrected chi connectivity index (χ1v) is 14.7. The number of hydrogen-bond donors (Lipinski definition) is 1. The van der Waals surface area contributed by atoms with Gasteiger partial charge >= 0.3 is 0 Å². The molecule has 3 nitrogen and oxygen atoms in total. The van der Waals surface area contributed by atoms with Crippen LogP contribution in [-0.4, -0.2) is 12.8 Å². The maximum absolute atomic E-state index is 6.81. The van der Waals surface area contributed by atoms with Gasteiger partial charge in [-0.2, -0.15) is 0 Å². The molecule has 1 fully saturated rings. The number of allylic oxidation sites excluding steroid dienone is 3. The molecule has 0 saturated heterocycles. The van der Waals surface area contributed by atoms with E-state index in [-0.39, 0.29) is 6.10 Å². The van der Waals surface area contributed by atoms with Crippen LogP contribution in [0.3, 0.4) is 0 Å². The van der Waals surface area contributed by atoms with Crippen molar-refractivity contribution in [2.45, 2.75) is 97.1 Å². The summed E-state index contributed by atoms with van der Waals surface area (Å²) < 4.78 is 6.81. The topological polar surface area (TPSA) is 47.6 Å². The van der Waals surface area contributed by atoms with E-state index in [1.807, 2.05) is 6.07 Å². The molecule has 0 amide bonds. The molecule has 2 N–H and O–H groups in total. The fourth-order valence-corrected chi connectivity index (χ4v) is 6.89. The van der Waals surface area contributed by atoms with E-state index in [0.717, 1.165) is 54.9 Å². The molecule has 4 rings (SSSR count). The molecular weight excluding hydrogens is 488 g/mol. The fraction of sp³-hybridized carbons (Fsp3) is 0.500. The van der Waals surface area contributed by atoms with Gasteiger partial charge in [0.2, 0.25) is 0 Å². The first-order valence-electron chi connectivity index (χ1n) is 14.3. The first kappa shape index (κ1) is 28.5. The number of nitrogens with two attached hydrogens (primary N) is 1.